The fraction of sp³-hybridized carbons (Fsp3) is 0.267. The van der Waals surface area contributed by atoms with Gasteiger partial charge in [0.15, 0.2) is 5.78 Å². The highest BCUT2D eigenvalue weighted by Crippen LogP contribution is 2.21. The van der Waals surface area contributed by atoms with E-state index >= 15 is 0 Å². The van der Waals surface area contributed by atoms with E-state index in [4.69, 9.17) is 0 Å². The molecule has 98 valence electrons. The van der Waals surface area contributed by atoms with E-state index in [0.717, 1.165) is 5.56 Å². The molecule has 0 fully saturated rings. The van der Waals surface area contributed by atoms with Crippen LogP contribution in [-0.4, -0.2) is 17.5 Å². The third-order valence-electron chi connectivity index (χ3n) is 2.99. The SMILES string of the molecule is Cc1ccc2c(c1)C(=O)C(NC(=O)C(C)C)=CC2=O. The molecule has 0 aromatic heterocycles. The largest absolute Gasteiger partial charge is 0.322 e. The number of Topliss-reactive ketones (excluding diaryl/α,β-unsaturated/α-hetero) is 1. The molecular formula is C15H15NO3. The smallest absolute Gasteiger partial charge is 0.227 e. The Morgan fingerprint density at radius 3 is 2.47 bits per heavy atom. The Morgan fingerprint density at radius 1 is 1.16 bits per heavy atom. The molecule has 0 saturated carbocycles. The molecule has 4 nitrogen and oxygen atoms in total. The van der Waals surface area contributed by atoms with Gasteiger partial charge in [-0.3, -0.25) is 14.4 Å². The zero-order valence-corrected chi connectivity index (χ0v) is 11.1. The summed E-state index contributed by atoms with van der Waals surface area (Å²) in [4.78, 5) is 35.8. The average Bonchev–Trinajstić information content (AvgIpc) is 2.35. The first-order valence-corrected chi connectivity index (χ1v) is 6.12. The van der Waals surface area contributed by atoms with Crippen LogP contribution in [0.2, 0.25) is 0 Å². The summed E-state index contributed by atoms with van der Waals surface area (Å²) >= 11 is 0. The van der Waals surface area contributed by atoms with Gasteiger partial charge in [0.05, 0.1) is 5.70 Å². The predicted molar refractivity (Wildman–Crippen MR) is 70.9 cm³/mol. The van der Waals surface area contributed by atoms with E-state index in [0.29, 0.717) is 11.1 Å². The second-order valence-electron chi connectivity index (χ2n) is 4.94. The number of fused-ring (bicyclic) bond motifs is 1. The van der Waals surface area contributed by atoms with Crippen LogP contribution in [0.3, 0.4) is 0 Å². The summed E-state index contributed by atoms with van der Waals surface area (Å²) in [5.74, 6) is -1.09. The van der Waals surface area contributed by atoms with Crippen molar-refractivity contribution in [2.24, 2.45) is 5.92 Å². The van der Waals surface area contributed by atoms with Crippen molar-refractivity contribution in [3.05, 3.63) is 46.7 Å². The molecule has 1 aromatic carbocycles. The van der Waals surface area contributed by atoms with Crippen LogP contribution < -0.4 is 5.32 Å². The lowest BCUT2D eigenvalue weighted by atomic mass is 9.91. The number of nitrogens with one attached hydrogen (secondary N) is 1. The second kappa shape index (κ2) is 4.80. The number of aryl methyl sites for hydroxylation is 1. The normalized spacial score (nSPS) is 14.2. The maximum atomic E-state index is 12.2. The molecule has 0 spiro atoms. The monoisotopic (exact) mass is 257 g/mol. The average molecular weight is 257 g/mol. The number of benzene rings is 1. The third kappa shape index (κ3) is 2.47. The van der Waals surface area contributed by atoms with E-state index < -0.39 is 0 Å². The number of carbonyl (C=O) groups is 3. The number of ketones is 2. The van der Waals surface area contributed by atoms with E-state index in [1.807, 2.05) is 6.92 Å². The van der Waals surface area contributed by atoms with Crippen LogP contribution in [0, 0.1) is 12.8 Å². The summed E-state index contributed by atoms with van der Waals surface area (Å²) in [5, 5.41) is 2.51. The maximum Gasteiger partial charge on any atom is 0.227 e. The minimum Gasteiger partial charge on any atom is -0.322 e. The molecule has 1 aliphatic rings. The molecule has 0 aliphatic heterocycles. The topological polar surface area (TPSA) is 63.2 Å². The van der Waals surface area contributed by atoms with Crippen LogP contribution in [0.15, 0.2) is 30.0 Å². The number of carbonyl (C=O) groups excluding carboxylic acids is 3. The van der Waals surface area contributed by atoms with Crippen molar-refractivity contribution in [1.82, 2.24) is 5.32 Å². The molecule has 1 aliphatic carbocycles. The van der Waals surface area contributed by atoms with Gasteiger partial charge >= 0.3 is 0 Å². The second-order valence-corrected chi connectivity index (χ2v) is 4.94. The van der Waals surface area contributed by atoms with Gasteiger partial charge < -0.3 is 5.32 Å². The lowest BCUT2D eigenvalue weighted by molar-refractivity contribution is -0.123. The Labute approximate surface area is 111 Å². The van der Waals surface area contributed by atoms with Crippen molar-refractivity contribution in [3.8, 4) is 0 Å². The lowest BCUT2D eigenvalue weighted by Gasteiger charge is -2.17. The first kappa shape index (κ1) is 13.2. The zero-order chi connectivity index (χ0) is 14.2. The standard InChI is InChI=1S/C15H15NO3/c1-8(2)15(19)16-12-7-13(17)10-5-4-9(3)6-11(10)14(12)18/h4-8H,1-3H3,(H,16,19). The molecule has 1 amide bonds. The summed E-state index contributed by atoms with van der Waals surface area (Å²) in [7, 11) is 0. The zero-order valence-electron chi connectivity index (χ0n) is 11.1. The van der Waals surface area contributed by atoms with Crippen molar-refractivity contribution >= 4 is 17.5 Å². The van der Waals surface area contributed by atoms with Crippen LogP contribution in [-0.2, 0) is 4.79 Å². The van der Waals surface area contributed by atoms with Gasteiger partial charge in [0, 0.05) is 23.1 Å². The van der Waals surface area contributed by atoms with Gasteiger partial charge in [-0.05, 0) is 13.0 Å². The number of hydrogen-bond acceptors (Lipinski definition) is 3. The number of hydrogen-bond donors (Lipinski definition) is 1. The Hall–Kier alpha value is -2.23. The van der Waals surface area contributed by atoms with Gasteiger partial charge in [0.2, 0.25) is 11.7 Å². The van der Waals surface area contributed by atoms with Crippen molar-refractivity contribution in [1.29, 1.82) is 0 Å². The van der Waals surface area contributed by atoms with Crippen LogP contribution in [0.4, 0.5) is 0 Å². The van der Waals surface area contributed by atoms with Gasteiger partial charge in [-0.15, -0.1) is 0 Å². The highest BCUT2D eigenvalue weighted by molar-refractivity contribution is 6.25. The molecule has 4 heteroatoms. The maximum absolute atomic E-state index is 12.2. The van der Waals surface area contributed by atoms with Gasteiger partial charge in [0.25, 0.3) is 0 Å². The molecule has 0 bridgehead atoms. The van der Waals surface area contributed by atoms with E-state index in [1.54, 1.807) is 32.0 Å². The van der Waals surface area contributed by atoms with Crippen LogP contribution in [0.5, 0.6) is 0 Å². The van der Waals surface area contributed by atoms with E-state index in [-0.39, 0.29) is 29.1 Å². The molecule has 1 aromatic rings. The van der Waals surface area contributed by atoms with Crippen LogP contribution in [0.1, 0.15) is 40.1 Å². The summed E-state index contributed by atoms with van der Waals surface area (Å²) in [6.07, 6.45) is 1.19. The quantitative estimate of drug-likeness (QED) is 0.881. The first-order valence-electron chi connectivity index (χ1n) is 6.12. The molecule has 2 rings (SSSR count). The van der Waals surface area contributed by atoms with Crippen LogP contribution in [0.25, 0.3) is 0 Å². The van der Waals surface area contributed by atoms with Gasteiger partial charge in [0.1, 0.15) is 0 Å². The van der Waals surface area contributed by atoms with E-state index in [2.05, 4.69) is 5.32 Å². The summed E-state index contributed by atoms with van der Waals surface area (Å²) < 4.78 is 0. The Morgan fingerprint density at radius 2 is 1.84 bits per heavy atom. The predicted octanol–water partition coefficient (Wildman–Crippen LogP) is 2.03. The fourth-order valence-electron chi connectivity index (χ4n) is 1.85. The Bertz CT molecular complexity index is 612. The van der Waals surface area contributed by atoms with Gasteiger partial charge in [-0.2, -0.15) is 0 Å². The molecule has 0 radical (unpaired) electrons. The Balaban J connectivity index is 2.38. The molecular weight excluding hydrogens is 242 g/mol. The minimum atomic E-state index is -0.313. The van der Waals surface area contributed by atoms with Crippen molar-refractivity contribution in [2.75, 3.05) is 0 Å². The van der Waals surface area contributed by atoms with Gasteiger partial charge in [-0.25, -0.2) is 0 Å². The number of amides is 1. The minimum absolute atomic E-state index is 0.0572. The summed E-state index contributed by atoms with van der Waals surface area (Å²) in [5.41, 5.74) is 1.70. The molecule has 19 heavy (non-hydrogen) atoms. The number of rotatable bonds is 2. The molecule has 0 atom stereocenters. The fourth-order valence-corrected chi connectivity index (χ4v) is 1.85. The van der Waals surface area contributed by atoms with Crippen molar-refractivity contribution in [2.45, 2.75) is 20.8 Å². The van der Waals surface area contributed by atoms with Crippen molar-refractivity contribution in [3.63, 3.8) is 0 Å². The van der Waals surface area contributed by atoms with Crippen LogP contribution >= 0.6 is 0 Å². The first-order chi connectivity index (χ1) is 8.90. The highest BCUT2D eigenvalue weighted by Gasteiger charge is 2.27. The highest BCUT2D eigenvalue weighted by atomic mass is 16.2. The molecule has 0 unspecified atom stereocenters. The Kier molecular flexibility index (Phi) is 3.34. The summed E-state index contributed by atoms with van der Waals surface area (Å²) in [6, 6.07) is 5.10. The third-order valence-corrected chi connectivity index (χ3v) is 2.99. The lowest BCUT2D eigenvalue weighted by Crippen LogP contribution is -2.33. The molecule has 0 saturated heterocycles. The van der Waals surface area contributed by atoms with Crippen molar-refractivity contribution < 1.29 is 14.4 Å². The van der Waals surface area contributed by atoms with E-state index in [1.165, 1.54) is 6.08 Å². The number of allylic oxidation sites excluding steroid dienone is 2. The molecule has 1 N–H and O–H groups in total. The molecule has 0 heterocycles. The summed E-state index contributed by atoms with van der Waals surface area (Å²) in [6.45, 7) is 5.30. The van der Waals surface area contributed by atoms with Gasteiger partial charge in [-0.1, -0.05) is 31.5 Å². The van der Waals surface area contributed by atoms with E-state index in [9.17, 15) is 14.4 Å².